The zero-order valence-corrected chi connectivity index (χ0v) is 18.6. The molecular weight excluding hydrogens is 416 g/mol. The summed E-state index contributed by atoms with van der Waals surface area (Å²) in [7, 11) is 6.15. The van der Waals surface area contributed by atoms with Gasteiger partial charge in [-0.25, -0.2) is 0 Å². The van der Waals surface area contributed by atoms with Gasteiger partial charge in [-0.05, 0) is 41.8 Å². The maximum absolute atomic E-state index is 12.9. The van der Waals surface area contributed by atoms with Crippen molar-refractivity contribution in [2.45, 2.75) is 18.9 Å². The number of benzene rings is 2. The molecule has 1 unspecified atom stereocenters. The average molecular weight is 444 g/mol. The molecule has 0 fully saturated rings. The summed E-state index contributed by atoms with van der Waals surface area (Å²) in [6.07, 6.45) is 0.514. The van der Waals surface area contributed by atoms with E-state index in [1.54, 1.807) is 38.5 Å². The van der Waals surface area contributed by atoms with Gasteiger partial charge in [-0.15, -0.1) is 0 Å². The number of aliphatic carboxylic acids is 1. The topological polar surface area (TPSA) is 107 Å². The van der Waals surface area contributed by atoms with Crippen molar-refractivity contribution >= 4 is 17.6 Å². The van der Waals surface area contributed by atoms with Gasteiger partial charge in [0.25, 0.3) is 0 Å². The van der Waals surface area contributed by atoms with Gasteiger partial charge in [-0.3, -0.25) is 14.5 Å². The number of carbonyl (C=O) groups excluding carboxylic acids is 1. The predicted molar refractivity (Wildman–Crippen MR) is 118 cm³/mol. The molecule has 2 aromatic rings. The molecule has 1 heterocycles. The Labute approximate surface area is 186 Å². The maximum atomic E-state index is 12.9. The second-order valence-corrected chi connectivity index (χ2v) is 7.35. The van der Waals surface area contributed by atoms with E-state index in [2.05, 4.69) is 5.32 Å². The Kier molecular flexibility index (Phi) is 7.42. The summed E-state index contributed by atoms with van der Waals surface area (Å²) < 4.78 is 21.3. The number of anilines is 1. The van der Waals surface area contributed by atoms with E-state index in [1.807, 2.05) is 11.0 Å². The van der Waals surface area contributed by atoms with E-state index < -0.39 is 12.0 Å². The number of carboxylic acid groups (broad SMARTS) is 1. The number of hydrogen-bond acceptors (Lipinski definition) is 7. The van der Waals surface area contributed by atoms with Gasteiger partial charge in [0.1, 0.15) is 11.5 Å². The Hall–Kier alpha value is -3.46. The third kappa shape index (κ3) is 5.05. The number of amides is 1. The number of carbonyl (C=O) groups is 2. The minimum Gasteiger partial charge on any atom is -0.497 e. The number of ether oxygens (including phenoxy) is 4. The third-order valence-corrected chi connectivity index (χ3v) is 5.51. The quantitative estimate of drug-likeness (QED) is 0.608. The first-order chi connectivity index (χ1) is 15.4. The van der Waals surface area contributed by atoms with Crippen LogP contribution in [-0.2, 0) is 16.0 Å². The Morgan fingerprint density at radius 3 is 2.31 bits per heavy atom. The molecule has 32 heavy (non-hydrogen) atoms. The van der Waals surface area contributed by atoms with Crippen LogP contribution in [0.25, 0.3) is 0 Å². The molecule has 3 rings (SSSR count). The van der Waals surface area contributed by atoms with Crippen molar-refractivity contribution in [3.8, 4) is 23.0 Å². The minimum absolute atomic E-state index is 0.0199. The molecule has 0 saturated heterocycles. The second-order valence-electron chi connectivity index (χ2n) is 7.35. The van der Waals surface area contributed by atoms with Gasteiger partial charge in [0, 0.05) is 18.7 Å². The minimum atomic E-state index is -0.947. The van der Waals surface area contributed by atoms with Crippen LogP contribution in [0, 0.1) is 0 Å². The Balaban J connectivity index is 1.85. The zero-order chi connectivity index (χ0) is 23.3. The van der Waals surface area contributed by atoms with Crippen molar-refractivity contribution in [2.24, 2.45) is 0 Å². The molecule has 2 aromatic carbocycles. The van der Waals surface area contributed by atoms with Crippen LogP contribution in [-0.4, -0.2) is 63.4 Å². The van der Waals surface area contributed by atoms with Crippen LogP contribution >= 0.6 is 0 Å². The molecule has 1 aliphatic rings. The number of carboxylic acids is 1. The van der Waals surface area contributed by atoms with Crippen LogP contribution in [0.2, 0.25) is 0 Å². The molecule has 1 amide bonds. The van der Waals surface area contributed by atoms with Crippen LogP contribution < -0.4 is 24.3 Å². The Morgan fingerprint density at radius 1 is 1.00 bits per heavy atom. The molecule has 9 heteroatoms. The summed E-state index contributed by atoms with van der Waals surface area (Å²) >= 11 is 0. The lowest BCUT2D eigenvalue weighted by Crippen LogP contribution is -2.41. The van der Waals surface area contributed by atoms with Crippen molar-refractivity contribution in [3.05, 3.63) is 41.5 Å². The van der Waals surface area contributed by atoms with Crippen molar-refractivity contribution in [1.82, 2.24) is 4.90 Å². The molecular formula is C23H28N2O7. The lowest BCUT2D eigenvalue weighted by atomic mass is 9.90. The molecule has 0 radical (unpaired) electrons. The SMILES string of the molecule is COc1ccc(OC)c(NC(=O)CN2CCc3cc(OC)c(OC)cc3C2CC(=O)O)c1. The van der Waals surface area contributed by atoms with Crippen molar-refractivity contribution < 1.29 is 33.6 Å². The van der Waals surface area contributed by atoms with Crippen LogP contribution in [0.4, 0.5) is 5.69 Å². The highest BCUT2D eigenvalue weighted by molar-refractivity contribution is 5.94. The van der Waals surface area contributed by atoms with E-state index in [-0.39, 0.29) is 18.9 Å². The van der Waals surface area contributed by atoms with Crippen LogP contribution in [0.1, 0.15) is 23.6 Å². The van der Waals surface area contributed by atoms with E-state index in [1.165, 1.54) is 14.2 Å². The van der Waals surface area contributed by atoms with Gasteiger partial charge in [-0.2, -0.15) is 0 Å². The summed E-state index contributed by atoms with van der Waals surface area (Å²) in [5, 5.41) is 12.4. The van der Waals surface area contributed by atoms with Gasteiger partial charge in [0.15, 0.2) is 11.5 Å². The second kappa shape index (κ2) is 10.2. The first-order valence-electron chi connectivity index (χ1n) is 10.1. The number of fused-ring (bicyclic) bond motifs is 1. The van der Waals surface area contributed by atoms with E-state index in [9.17, 15) is 14.7 Å². The van der Waals surface area contributed by atoms with Gasteiger partial charge >= 0.3 is 5.97 Å². The standard InChI is InChI=1S/C23H28N2O7/c1-29-15-5-6-19(30-2)17(10-15)24-22(26)13-25-8-7-14-9-20(31-3)21(32-4)11-16(14)18(25)12-23(27)28/h5-6,9-11,18H,7-8,12-13H2,1-4H3,(H,24,26)(H,27,28). The molecule has 0 spiro atoms. The van der Waals surface area contributed by atoms with Gasteiger partial charge in [-0.1, -0.05) is 0 Å². The summed E-state index contributed by atoms with van der Waals surface area (Å²) in [4.78, 5) is 26.4. The molecule has 172 valence electrons. The van der Waals surface area contributed by atoms with Gasteiger partial charge < -0.3 is 29.4 Å². The monoisotopic (exact) mass is 444 g/mol. The number of methoxy groups -OCH3 is 4. The number of nitrogens with zero attached hydrogens (tertiary/aromatic N) is 1. The highest BCUT2D eigenvalue weighted by Crippen LogP contribution is 2.39. The van der Waals surface area contributed by atoms with Crippen LogP contribution in [0.15, 0.2) is 30.3 Å². The maximum Gasteiger partial charge on any atom is 0.305 e. The largest absolute Gasteiger partial charge is 0.497 e. The lowest BCUT2D eigenvalue weighted by molar-refractivity contribution is -0.139. The molecule has 2 N–H and O–H groups in total. The van der Waals surface area contributed by atoms with E-state index in [4.69, 9.17) is 18.9 Å². The zero-order valence-electron chi connectivity index (χ0n) is 18.6. The summed E-state index contributed by atoms with van der Waals surface area (Å²) in [5.41, 5.74) is 2.29. The highest BCUT2D eigenvalue weighted by atomic mass is 16.5. The molecule has 0 bridgehead atoms. The van der Waals surface area contributed by atoms with Crippen LogP contribution in [0.3, 0.4) is 0 Å². The van der Waals surface area contributed by atoms with E-state index >= 15 is 0 Å². The normalized spacial score (nSPS) is 15.4. The smallest absolute Gasteiger partial charge is 0.305 e. The van der Waals surface area contributed by atoms with Crippen LogP contribution in [0.5, 0.6) is 23.0 Å². The van der Waals surface area contributed by atoms with Crippen molar-refractivity contribution in [3.63, 3.8) is 0 Å². The summed E-state index contributed by atoms with van der Waals surface area (Å²) in [6.45, 7) is 0.551. The van der Waals surface area contributed by atoms with Crippen molar-refractivity contribution in [1.29, 1.82) is 0 Å². The highest BCUT2D eigenvalue weighted by Gasteiger charge is 2.32. The van der Waals surface area contributed by atoms with Gasteiger partial charge in [0.05, 0.1) is 47.1 Å². The predicted octanol–water partition coefficient (Wildman–Crippen LogP) is 2.73. The lowest BCUT2D eigenvalue weighted by Gasteiger charge is -2.36. The van der Waals surface area contributed by atoms with Gasteiger partial charge in [0.2, 0.25) is 5.91 Å². The fraction of sp³-hybridized carbons (Fsp3) is 0.391. The molecule has 0 aliphatic carbocycles. The molecule has 1 aliphatic heterocycles. The fourth-order valence-corrected chi connectivity index (χ4v) is 3.96. The first-order valence-corrected chi connectivity index (χ1v) is 10.1. The molecule has 9 nitrogen and oxygen atoms in total. The Bertz CT molecular complexity index is 993. The third-order valence-electron chi connectivity index (χ3n) is 5.51. The first kappa shape index (κ1) is 23.2. The van der Waals surface area contributed by atoms with E-state index in [0.29, 0.717) is 41.7 Å². The summed E-state index contributed by atoms with van der Waals surface area (Å²) in [6, 6.07) is 8.32. The number of rotatable bonds is 9. The summed E-state index contributed by atoms with van der Waals surface area (Å²) in [5.74, 6) is 0.971. The number of hydrogen-bond donors (Lipinski definition) is 2. The molecule has 0 saturated carbocycles. The van der Waals surface area contributed by atoms with Crippen molar-refractivity contribution in [2.75, 3.05) is 46.8 Å². The molecule has 1 atom stereocenters. The average Bonchev–Trinajstić information content (AvgIpc) is 2.79. The molecule has 0 aromatic heterocycles. The van der Waals surface area contributed by atoms with E-state index in [0.717, 1.165) is 11.1 Å². The Morgan fingerprint density at radius 2 is 1.69 bits per heavy atom. The number of nitrogens with one attached hydrogen (secondary N) is 1. The fourth-order valence-electron chi connectivity index (χ4n) is 3.96.